The topological polar surface area (TPSA) is 63.4 Å². The van der Waals surface area contributed by atoms with Gasteiger partial charge in [-0.25, -0.2) is 4.98 Å². The zero-order valence-corrected chi connectivity index (χ0v) is 15.8. The number of benzene rings is 3. The van der Waals surface area contributed by atoms with Crippen molar-refractivity contribution in [3.8, 4) is 11.5 Å². The molecule has 0 saturated heterocycles. The van der Waals surface area contributed by atoms with Crippen LogP contribution in [-0.2, 0) is 12.7 Å². The maximum atomic E-state index is 12.8. The van der Waals surface area contributed by atoms with Gasteiger partial charge in [-0.1, -0.05) is 24.3 Å². The second-order valence-electron chi connectivity index (χ2n) is 7.10. The number of alkyl halides is 3. The number of halogens is 3. The van der Waals surface area contributed by atoms with E-state index in [2.05, 4.69) is 4.98 Å². The number of rotatable bonds is 3. The molecule has 0 spiro atoms. The Balaban J connectivity index is 1.49. The van der Waals surface area contributed by atoms with Gasteiger partial charge in [0.1, 0.15) is 5.52 Å². The molecular formula is C23H13F3N2O3. The average molecular weight is 422 g/mol. The van der Waals surface area contributed by atoms with Gasteiger partial charge in [-0.05, 0) is 42.5 Å². The summed E-state index contributed by atoms with van der Waals surface area (Å²) in [6, 6.07) is 16.2. The summed E-state index contributed by atoms with van der Waals surface area (Å²) in [5.74, 6) is -0.619. The minimum Gasteiger partial charge on any atom is -0.436 e. The molecule has 4 aromatic rings. The van der Waals surface area contributed by atoms with Crippen LogP contribution in [0, 0.1) is 0 Å². The Morgan fingerprint density at radius 2 is 1.48 bits per heavy atom. The number of hydrogen-bond donors (Lipinski definition) is 0. The van der Waals surface area contributed by atoms with Gasteiger partial charge in [0.05, 0.1) is 23.2 Å². The highest BCUT2D eigenvalue weighted by atomic mass is 19.4. The molecule has 0 radical (unpaired) electrons. The van der Waals surface area contributed by atoms with Crippen molar-refractivity contribution in [2.75, 3.05) is 0 Å². The molecule has 1 aromatic heterocycles. The highest BCUT2D eigenvalue weighted by Crippen LogP contribution is 2.33. The molecule has 3 aromatic carbocycles. The van der Waals surface area contributed by atoms with Crippen LogP contribution in [0.3, 0.4) is 0 Å². The number of oxazole rings is 1. The van der Waals surface area contributed by atoms with Crippen LogP contribution < -0.4 is 0 Å². The van der Waals surface area contributed by atoms with Gasteiger partial charge in [0.25, 0.3) is 11.8 Å². The molecule has 1 aliphatic rings. The van der Waals surface area contributed by atoms with E-state index >= 15 is 0 Å². The summed E-state index contributed by atoms with van der Waals surface area (Å²) in [4.78, 5) is 30.9. The normalized spacial score (nSPS) is 13.8. The van der Waals surface area contributed by atoms with Gasteiger partial charge in [-0.2, -0.15) is 13.2 Å². The van der Waals surface area contributed by atoms with E-state index in [-0.39, 0.29) is 24.2 Å². The molecule has 5 nitrogen and oxygen atoms in total. The monoisotopic (exact) mass is 422 g/mol. The zero-order chi connectivity index (χ0) is 21.8. The molecule has 0 unspecified atom stereocenters. The van der Waals surface area contributed by atoms with Gasteiger partial charge in [0, 0.05) is 11.1 Å². The Morgan fingerprint density at radius 3 is 2.10 bits per heavy atom. The van der Waals surface area contributed by atoms with Crippen LogP contribution in [-0.4, -0.2) is 21.7 Å². The quantitative estimate of drug-likeness (QED) is 0.420. The van der Waals surface area contributed by atoms with E-state index in [1.54, 1.807) is 42.5 Å². The Kier molecular flexibility index (Phi) is 4.18. The van der Waals surface area contributed by atoms with Crippen LogP contribution in [0.4, 0.5) is 13.2 Å². The first kappa shape index (κ1) is 19.0. The lowest BCUT2D eigenvalue weighted by molar-refractivity contribution is -0.137. The fourth-order valence-corrected chi connectivity index (χ4v) is 3.61. The standard InChI is InChI=1S/C23H13F3N2O3/c24-23(25,26)15-10-8-13(9-11-15)20-27-19-14(4-3-7-18(19)31-20)12-28-21(29)16-5-1-2-6-17(16)22(28)30/h1-11H,12H2. The fourth-order valence-electron chi connectivity index (χ4n) is 3.61. The van der Waals surface area contributed by atoms with Crippen LogP contribution in [0.5, 0.6) is 0 Å². The maximum Gasteiger partial charge on any atom is 0.416 e. The number of nitrogens with zero attached hydrogens (tertiary/aromatic N) is 2. The van der Waals surface area contributed by atoms with Gasteiger partial charge in [-0.15, -0.1) is 0 Å². The third-order valence-electron chi connectivity index (χ3n) is 5.17. The molecule has 154 valence electrons. The molecule has 0 bridgehead atoms. The molecule has 0 aliphatic carbocycles. The molecule has 0 saturated carbocycles. The molecule has 0 atom stereocenters. The van der Waals surface area contributed by atoms with Gasteiger partial charge in [-0.3, -0.25) is 14.5 Å². The minimum absolute atomic E-state index is 0.00265. The number of hydrogen-bond acceptors (Lipinski definition) is 4. The first-order valence-electron chi connectivity index (χ1n) is 9.34. The predicted molar refractivity (Wildman–Crippen MR) is 105 cm³/mol. The first-order valence-corrected chi connectivity index (χ1v) is 9.34. The lowest BCUT2D eigenvalue weighted by Gasteiger charge is -2.13. The first-order chi connectivity index (χ1) is 14.8. The van der Waals surface area contributed by atoms with Gasteiger partial charge in [0.2, 0.25) is 5.89 Å². The summed E-state index contributed by atoms with van der Waals surface area (Å²) in [7, 11) is 0. The van der Waals surface area contributed by atoms with Crippen molar-refractivity contribution in [1.82, 2.24) is 9.88 Å². The van der Waals surface area contributed by atoms with Crippen molar-refractivity contribution in [2.45, 2.75) is 12.7 Å². The third kappa shape index (κ3) is 3.16. The number of para-hydroxylation sites is 1. The Bertz CT molecular complexity index is 1310. The van der Waals surface area contributed by atoms with E-state index < -0.39 is 11.7 Å². The van der Waals surface area contributed by atoms with Crippen LogP contribution in [0.2, 0.25) is 0 Å². The molecule has 0 N–H and O–H groups in total. The van der Waals surface area contributed by atoms with Gasteiger partial charge < -0.3 is 4.42 Å². The smallest absolute Gasteiger partial charge is 0.416 e. The second kappa shape index (κ2) is 6.80. The summed E-state index contributed by atoms with van der Waals surface area (Å²) in [5, 5.41) is 0. The summed E-state index contributed by atoms with van der Waals surface area (Å²) in [5.41, 5.74) is 1.76. The number of fused-ring (bicyclic) bond motifs is 2. The second-order valence-corrected chi connectivity index (χ2v) is 7.10. The molecule has 31 heavy (non-hydrogen) atoms. The van der Waals surface area contributed by atoms with Crippen molar-refractivity contribution in [3.05, 3.63) is 89.0 Å². The SMILES string of the molecule is O=C1c2ccccc2C(=O)N1Cc1cccc2oc(-c3ccc(C(F)(F)F)cc3)nc12. The van der Waals surface area contributed by atoms with E-state index in [1.807, 2.05) is 0 Å². The lowest BCUT2D eigenvalue weighted by atomic mass is 10.1. The summed E-state index contributed by atoms with van der Waals surface area (Å²) in [6.45, 7) is 0.00265. The van der Waals surface area contributed by atoms with Crippen LogP contribution >= 0.6 is 0 Å². The molecule has 8 heteroatoms. The Labute approximate surface area is 173 Å². The summed E-state index contributed by atoms with van der Waals surface area (Å²) >= 11 is 0. The largest absolute Gasteiger partial charge is 0.436 e. The van der Waals surface area contributed by atoms with E-state index in [0.717, 1.165) is 17.0 Å². The van der Waals surface area contributed by atoms with Crippen LogP contribution in [0.1, 0.15) is 31.8 Å². The number of aromatic nitrogens is 1. The fraction of sp³-hybridized carbons (Fsp3) is 0.0870. The number of imide groups is 1. The molecule has 2 amide bonds. The molecule has 0 fully saturated rings. The summed E-state index contributed by atoms with van der Waals surface area (Å²) in [6.07, 6.45) is -4.43. The molecule has 1 aliphatic heterocycles. The lowest BCUT2D eigenvalue weighted by Crippen LogP contribution is -2.29. The van der Waals surface area contributed by atoms with Crippen molar-refractivity contribution in [3.63, 3.8) is 0 Å². The van der Waals surface area contributed by atoms with Crippen LogP contribution in [0.15, 0.2) is 71.1 Å². The average Bonchev–Trinajstić information content (AvgIpc) is 3.30. The Morgan fingerprint density at radius 1 is 0.839 bits per heavy atom. The number of carbonyl (C=O) groups excluding carboxylic acids is 2. The van der Waals surface area contributed by atoms with Crippen molar-refractivity contribution < 1.29 is 27.2 Å². The van der Waals surface area contributed by atoms with E-state index in [4.69, 9.17) is 4.42 Å². The van der Waals surface area contributed by atoms with E-state index in [1.165, 1.54) is 12.1 Å². The molecule has 5 rings (SSSR count). The number of amides is 2. The van der Waals surface area contributed by atoms with Gasteiger partial charge in [0.15, 0.2) is 5.58 Å². The van der Waals surface area contributed by atoms with Crippen LogP contribution in [0.25, 0.3) is 22.6 Å². The van der Waals surface area contributed by atoms with Crippen molar-refractivity contribution in [1.29, 1.82) is 0 Å². The number of carbonyl (C=O) groups is 2. The highest BCUT2D eigenvalue weighted by Gasteiger charge is 2.35. The van der Waals surface area contributed by atoms with E-state index in [0.29, 0.717) is 33.4 Å². The third-order valence-corrected chi connectivity index (χ3v) is 5.17. The van der Waals surface area contributed by atoms with Gasteiger partial charge >= 0.3 is 6.18 Å². The van der Waals surface area contributed by atoms with Crippen molar-refractivity contribution >= 4 is 22.9 Å². The molecule has 2 heterocycles. The van der Waals surface area contributed by atoms with Crippen molar-refractivity contribution in [2.24, 2.45) is 0 Å². The predicted octanol–water partition coefficient (Wildman–Crippen LogP) is 5.31. The molecular weight excluding hydrogens is 409 g/mol. The minimum atomic E-state index is -4.43. The maximum absolute atomic E-state index is 12.8. The highest BCUT2D eigenvalue weighted by molar-refractivity contribution is 6.21. The zero-order valence-electron chi connectivity index (χ0n) is 15.8. The summed E-state index contributed by atoms with van der Waals surface area (Å²) < 4.78 is 44.1. The Hall–Kier alpha value is -3.94. The van der Waals surface area contributed by atoms with E-state index in [9.17, 15) is 22.8 Å².